The van der Waals surface area contributed by atoms with E-state index in [2.05, 4.69) is 64.6 Å². The largest absolute Gasteiger partial charge is 0.371 e. The molecular formula is C20H32N4O. The third-order valence-corrected chi connectivity index (χ3v) is 5.55. The van der Waals surface area contributed by atoms with E-state index in [9.17, 15) is 4.79 Å². The Bertz CT molecular complexity index is 540. The molecule has 1 aromatic rings. The van der Waals surface area contributed by atoms with Gasteiger partial charge in [-0.15, -0.1) is 0 Å². The number of piperidine rings is 1. The third kappa shape index (κ3) is 5.11. The van der Waals surface area contributed by atoms with Gasteiger partial charge in [-0.1, -0.05) is 18.2 Å². The molecule has 2 saturated heterocycles. The second kappa shape index (κ2) is 8.56. The highest BCUT2D eigenvalue weighted by atomic mass is 16.2. The highest BCUT2D eigenvalue weighted by molar-refractivity contribution is 5.74. The SMILES string of the molecule is CC(C)N1CCC(NC(=O)NC[C@@H]2CCN(c3ccccc3)C2)CC1. The summed E-state index contributed by atoms with van der Waals surface area (Å²) in [6, 6.07) is 11.5. The van der Waals surface area contributed by atoms with Gasteiger partial charge in [-0.05, 0) is 51.2 Å². The first-order chi connectivity index (χ1) is 12.1. The van der Waals surface area contributed by atoms with Crippen molar-refractivity contribution in [2.75, 3.05) is 37.6 Å². The zero-order valence-corrected chi connectivity index (χ0v) is 15.6. The lowest BCUT2D eigenvalue weighted by molar-refractivity contribution is 0.161. The van der Waals surface area contributed by atoms with Gasteiger partial charge in [0.05, 0.1) is 0 Å². The number of carbonyl (C=O) groups is 1. The average molecular weight is 345 g/mol. The second-order valence-electron chi connectivity index (χ2n) is 7.69. The van der Waals surface area contributed by atoms with Gasteiger partial charge in [-0.3, -0.25) is 0 Å². The summed E-state index contributed by atoms with van der Waals surface area (Å²) in [4.78, 5) is 17.1. The van der Waals surface area contributed by atoms with Crippen molar-refractivity contribution in [1.82, 2.24) is 15.5 Å². The summed E-state index contributed by atoms with van der Waals surface area (Å²) in [5.41, 5.74) is 1.28. The maximum atomic E-state index is 12.2. The Morgan fingerprint density at radius 2 is 1.84 bits per heavy atom. The van der Waals surface area contributed by atoms with Gasteiger partial charge in [0.1, 0.15) is 0 Å². The molecule has 2 fully saturated rings. The molecule has 2 aliphatic heterocycles. The molecule has 0 radical (unpaired) electrons. The fourth-order valence-corrected chi connectivity index (χ4v) is 3.91. The number of para-hydroxylation sites is 1. The van der Waals surface area contributed by atoms with Crippen LogP contribution >= 0.6 is 0 Å². The van der Waals surface area contributed by atoms with Crippen LogP contribution in [-0.4, -0.2) is 55.7 Å². The van der Waals surface area contributed by atoms with Crippen LogP contribution in [0.25, 0.3) is 0 Å². The number of hydrogen-bond acceptors (Lipinski definition) is 3. The Morgan fingerprint density at radius 1 is 1.12 bits per heavy atom. The number of rotatable bonds is 5. The van der Waals surface area contributed by atoms with Gasteiger partial charge in [-0.25, -0.2) is 4.79 Å². The van der Waals surface area contributed by atoms with Crippen LogP contribution in [0.15, 0.2) is 30.3 Å². The number of likely N-dealkylation sites (tertiary alicyclic amines) is 1. The van der Waals surface area contributed by atoms with E-state index in [1.54, 1.807) is 0 Å². The fourth-order valence-electron chi connectivity index (χ4n) is 3.91. The van der Waals surface area contributed by atoms with Gasteiger partial charge in [0.15, 0.2) is 0 Å². The van der Waals surface area contributed by atoms with E-state index >= 15 is 0 Å². The molecule has 0 bridgehead atoms. The number of benzene rings is 1. The van der Waals surface area contributed by atoms with Gasteiger partial charge < -0.3 is 20.4 Å². The topological polar surface area (TPSA) is 47.6 Å². The molecule has 3 rings (SSSR count). The third-order valence-electron chi connectivity index (χ3n) is 5.55. The molecule has 1 aromatic carbocycles. The predicted octanol–water partition coefficient (Wildman–Crippen LogP) is 2.68. The van der Waals surface area contributed by atoms with Gasteiger partial charge in [0, 0.05) is 50.5 Å². The quantitative estimate of drug-likeness (QED) is 0.863. The van der Waals surface area contributed by atoms with Crippen LogP contribution in [0.3, 0.4) is 0 Å². The molecule has 1 atom stereocenters. The molecular weight excluding hydrogens is 312 g/mol. The van der Waals surface area contributed by atoms with Crippen molar-refractivity contribution >= 4 is 11.7 Å². The minimum absolute atomic E-state index is 0.00107. The van der Waals surface area contributed by atoms with Crippen molar-refractivity contribution in [2.45, 2.75) is 45.2 Å². The highest BCUT2D eigenvalue weighted by Crippen LogP contribution is 2.23. The average Bonchev–Trinajstić information content (AvgIpc) is 3.10. The molecule has 2 heterocycles. The maximum Gasteiger partial charge on any atom is 0.315 e. The van der Waals surface area contributed by atoms with E-state index in [-0.39, 0.29) is 6.03 Å². The van der Waals surface area contributed by atoms with Crippen molar-refractivity contribution in [2.24, 2.45) is 5.92 Å². The first-order valence-electron chi connectivity index (χ1n) is 9.70. The molecule has 0 unspecified atom stereocenters. The highest BCUT2D eigenvalue weighted by Gasteiger charge is 2.24. The van der Waals surface area contributed by atoms with E-state index in [0.717, 1.165) is 52.0 Å². The minimum atomic E-state index is 0.00107. The summed E-state index contributed by atoms with van der Waals surface area (Å²) in [5, 5.41) is 6.24. The Morgan fingerprint density at radius 3 is 2.52 bits per heavy atom. The Kier molecular flexibility index (Phi) is 6.19. The number of urea groups is 1. The second-order valence-corrected chi connectivity index (χ2v) is 7.69. The normalized spacial score (nSPS) is 22.4. The number of nitrogens with one attached hydrogen (secondary N) is 2. The zero-order chi connectivity index (χ0) is 17.6. The van der Waals surface area contributed by atoms with Crippen LogP contribution in [0, 0.1) is 5.92 Å². The standard InChI is InChI=1S/C20H32N4O/c1-16(2)23-12-9-18(10-13-23)22-20(25)21-14-17-8-11-24(15-17)19-6-4-3-5-7-19/h3-7,16-18H,8-15H2,1-2H3,(H2,21,22,25)/t17-/m0/s1. The summed E-state index contributed by atoms with van der Waals surface area (Å²) in [6.07, 6.45) is 3.25. The Hall–Kier alpha value is -1.75. The van der Waals surface area contributed by atoms with Crippen molar-refractivity contribution in [3.63, 3.8) is 0 Å². The molecule has 0 saturated carbocycles. The van der Waals surface area contributed by atoms with Crippen LogP contribution in [0.2, 0.25) is 0 Å². The zero-order valence-electron chi connectivity index (χ0n) is 15.6. The molecule has 0 spiro atoms. The van der Waals surface area contributed by atoms with Crippen LogP contribution in [0.1, 0.15) is 33.1 Å². The monoisotopic (exact) mass is 344 g/mol. The van der Waals surface area contributed by atoms with Crippen LogP contribution in [0.4, 0.5) is 10.5 Å². The molecule has 2 N–H and O–H groups in total. The Labute approximate surface area is 151 Å². The summed E-state index contributed by atoms with van der Waals surface area (Å²) in [6.45, 7) is 9.50. The first kappa shape index (κ1) is 18.1. The first-order valence-corrected chi connectivity index (χ1v) is 9.70. The number of amides is 2. The smallest absolute Gasteiger partial charge is 0.315 e. The lowest BCUT2D eigenvalue weighted by Crippen LogP contribution is -2.49. The number of hydrogen-bond donors (Lipinski definition) is 2. The summed E-state index contributed by atoms with van der Waals surface area (Å²) < 4.78 is 0. The van der Waals surface area contributed by atoms with Crippen molar-refractivity contribution in [1.29, 1.82) is 0 Å². The van der Waals surface area contributed by atoms with E-state index < -0.39 is 0 Å². The number of nitrogens with zero attached hydrogens (tertiary/aromatic N) is 2. The molecule has 0 aliphatic carbocycles. The van der Waals surface area contributed by atoms with Crippen molar-refractivity contribution in [3.8, 4) is 0 Å². The summed E-state index contributed by atoms with van der Waals surface area (Å²) in [5.74, 6) is 0.536. The van der Waals surface area contributed by atoms with Crippen LogP contribution in [-0.2, 0) is 0 Å². The van der Waals surface area contributed by atoms with Gasteiger partial charge in [-0.2, -0.15) is 0 Å². The minimum Gasteiger partial charge on any atom is -0.371 e. The number of anilines is 1. The number of carbonyl (C=O) groups excluding carboxylic acids is 1. The van der Waals surface area contributed by atoms with E-state index in [4.69, 9.17) is 0 Å². The molecule has 138 valence electrons. The predicted molar refractivity (Wildman–Crippen MR) is 103 cm³/mol. The molecule has 2 amide bonds. The summed E-state index contributed by atoms with van der Waals surface area (Å²) in [7, 11) is 0. The van der Waals surface area contributed by atoms with Gasteiger partial charge >= 0.3 is 6.03 Å². The van der Waals surface area contributed by atoms with E-state index in [1.165, 1.54) is 5.69 Å². The van der Waals surface area contributed by atoms with E-state index in [0.29, 0.717) is 18.0 Å². The lowest BCUT2D eigenvalue weighted by Gasteiger charge is -2.34. The maximum absolute atomic E-state index is 12.2. The molecule has 5 heteroatoms. The fraction of sp³-hybridized carbons (Fsp3) is 0.650. The Balaban J connectivity index is 1.35. The molecule has 5 nitrogen and oxygen atoms in total. The van der Waals surface area contributed by atoms with E-state index in [1.807, 2.05) is 0 Å². The van der Waals surface area contributed by atoms with Crippen LogP contribution in [0.5, 0.6) is 0 Å². The summed E-state index contributed by atoms with van der Waals surface area (Å²) >= 11 is 0. The van der Waals surface area contributed by atoms with Crippen LogP contribution < -0.4 is 15.5 Å². The molecule has 25 heavy (non-hydrogen) atoms. The van der Waals surface area contributed by atoms with Crippen molar-refractivity contribution in [3.05, 3.63) is 30.3 Å². The van der Waals surface area contributed by atoms with Crippen molar-refractivity contribution < 1.29 is 4.79 Å². The van der Waals surface area contributed by atoms with Gasteiger partial charge in [0.25, 0.3) is 0 Å². The lowest BCUT2D eigenvalue weighted by atomic mass is 10.0. The van der Waals surface area contributed by atoms with Gasteiger partial charge in [0.2, 0.25) is 0 Å². The molecule has 0 aromatic heterocycles. The molecule has 2 aliphatic rings.